The lowest BCUT2D eigenvalue weighted by Gasteiger charge is -2.30. The molecule has 1 aliphatic rings. The molecule has 134 valence electrons. The molecule has 0 saturated heterocycles. The highest BCUT2D eigenvalue weighted by Gasteiger charge is 2.22. The van der Waals surface area contributed by atoms with E-state index in [4.69, 9.17) is 0 Å². The second kappa shape index (κ2) is 11.2. The second-order valence-electron chi connectivity index (χ2n) is 7.22. The molecule has 1 unspecified atom stereocenters. The highest BCUT2D eigenvalue weighted by atomic mass is 15.4. The Morgan fingerprint density at radius 2 is 1.42 bits per heavy atom. The van der Waals surface area contributed by atoms with Gasteiger partial charge in [-0.1, -0.05) is 88.6 Å². The molecule has 0 radical (unpaired) electrons. The molecule has 0 spiro atoms. The average Bonchev–Trinajstić information content (AvgIpc) is 2.94. The molecule has 1 aromatic rings. The summed E-state index contributed by atoms with van der Waals surface area (Å²) in [5.41, 5.74) is 1.40. The minimum absolute atomic E-state index is 0.537. The lowest BCUT2D eigenvalue weighted by molar-refractivity contribution is 0.155. The van der Waals surface area contributed by atoms with E-state index in [9.17, 15) is 0 Å². The quantitative estimate of drug-likeness (QED) is 0.424. The minimum Gasteiger partial charge on any atom is -0.359 e. The summed E-state index contributed by atoms with van der Waals surface area (Å²) in [6, 6.07) is 10.8. The number of hydrogen-bond donors (Lipinski definition) is 0. The van der Waals surface area contributed by atoms with Crippen LogP contribution < -0.4 is 0 Å². The van der Waals surface area contributed by atoms with Crippen LogP contribution in [-0.4, -0.2) is 23.0 Å². The molecule has 0 bridgehead atoms. The van der Waals surface area contributed by atoms with Crippen molar-refractivity contribution in [3.05, 3.63) is 48.3 Å². The Kier molecular flexibility index (Phi) is 8.80. The van der Waals surface area contributed by atoms with E-state index in [1.165, 1.54) is 69.8 Å². The summed E-state index contributed by atoms with van der Waals surface area (Å²) in [5, 5.41) is 0. The van der Waals surface area contributed by atoms with Crippen molar-refractivity contribution in [1.82, 2.24) is 9.80 Å². The molecule has 2 heteroatoms. The molecule has 24 heavy (non-hydrogen) atoms. The van der Waals surface area contributed by atoms with Crippen molar-refractivity contribution in [3.63, 3.8) is 0 Å². The van der Waals surface area contributed by atoms with Crippen LogP contribution >= 0.6 is 0 Å². The van der Waals surface area contributed by atoms with Gasteiger partial charge < -0.3 is 9.80 Å². The molecular formula is C22H36N2. The first-order valence-electron chi connectivity index (χ1n) is 10.0. The van der Waals surface area contributed by atoms with E-state index in [0.29, 0.717) is 6.17 Å². The summed E-state index contributed by atoms with van der Waals surface area (Å²) in [7, 11) is 2.21. The van der Waals surface area contributed by atoms with Crippen molar-refractivity contribution < 1.29 is 0 Å². The SMILES string of the molecule is CCCCCCCCCCCC1N(C)C=CN1Cc1ccccc1. The normalized spacial score (nSPS) is 17.0. The van der Waals surface area contributed by atoms with Crippen LogP contribution in [0.4, 0.5) is 0 Å². The van der Waals surface area contributed by atoms with E-state index < -0.39 is 0 Å². The van der Waals surface area contributed by atoms with Crippen LogP contribution in [0.3, 0.4) is 0 Å². The van der Waals surface area contributed by atoms with Gasteiger partial charge in [0.2, 0.25) is 0 Å². The Bertz CT molecular complexity index is 454. The molecular weight excluding hydrogens is 292 g/mol. The van der Waals surface area contributed by atoms with Crippen LogP contribution in [0.5, 0.6) is 0 Å². The fourth-order valence-electron chi connectivity index (χ4n) is 3.58. The molecule has 2 rings (SSSR count). The monoisotopic (exact) mass is 328 g/mol. The summed E-state index contributed by atoms with van der Waals surface area (Å²) in [5.74, 6) is 0. The standard InChI is InChI=1S/C22H36N2/c1-3-4-5-6-7-8-9-10-14-17-22-23(2)18-19-24(22)20-21-15-12-11-13-16-21/h11-13,15-16,18-19,22H,3-10,14,17,20H2,1-2H3. The van der Waals surface area contributed by atoms with Crippen LogP contribution in [0.25, 0.3) is 0 Å². The topological polar surface area (TPSA) is 6.48 Å². The third-order valence-electron chi connectivity index (χ3n) is 5.12. The van der Waals surface area contributed by atoms with Crippen LogP contribution in [0.1, 0.15) is 76.7 Å². The molecule has 0 aliphatic carbocycles. The lowest BCUT2D eigenvalue weighted by Crippen LogP contribution is -2.36. The van der Waals surface area contributed by atoms with Gasteiger partial charge in [-0.15, -0.1) is 0 Å². The van der Waals surface area contributed by atoms with E-state index >= 15 is 0 Å². The van der Waals surface area contributed by atoms with Gasteiger partial charge >= 0.3 is 0 Å². The molecule has 1 aromatic carbocycles. The van der Waals surface area contributed by atoms with Crippen molar-refractivity contribution >= 4 is 0 Å². The zero-order valence-corrected chi connectivity index (χ0v) is 15.8. The van der Waals surface area contributed by atoms with Gasteiger partial charge in [-0.05, 0) is 18.4 Å². The average molecular weight is 329 g/mol. The van der Waals surface area contributed by atoms with Gasteiger partial charge in [0.15, 0.2) is 0 Å². The predicted molar refractivity (Wildman–Crippen MR) is 105 cm³/mol. The van der Waals surface area contributed by atoms with E-state index in [1.807, 2.05) is 0 Å². The van der Waals surface area contributed by atoms with Gasteiger partial charge in [-0.2, -0.15) is 0 Å². The number of rotatable bonds is 12. The first kappa shape index (κ1) is 18.9. The van der Waals surface area contributed by atoms with E-state index in [1.54, 1.807) is 0 Å². The van der Waals surface area contributed by atoms with Gasteiger partial charge in [-0.3, -0.25) is 0 Å². The molecule has 2 nitrogen and oxygen atoms in total. The first-order chi connectivity index (χ1) is 11.8. The maximum atomic E-state index is 2.49. The van der Waals surface area contributed by atoms with Gasteiger partial charge in [0.25, 0.3) is 0 Å². The van der Waals surface area contributed by atoms with Gasteiger partial charge in [0.1, 0.15) is 6.17 Å². The van der Waals surface area contributed by atoms with Crippen LogP contribution in [-0.2, 0) is 6.54 Å². The van der Waals surface area contributed by atoms with Gasteiger partial charge in [0, 0.05) is 26.0 Å². The summed E-state index contributed by atoms with van der Waals surface area (Å²) in [6.45, 7) is 3.31. The molecule has 1 atom stereocenters. The van der Waals surface area contributed by atoms with Crippen LogP contribution in [0.15, 0.2) is 42.7 Å². The Balaban J connectivity index is 1.60. The second-order valence-corrected chi connectivity index (χ2v) is 7.22. The Morgan fingerprint density at radius 1 is 0.792 bits per heavy atom. The van der Waals surface area contributed by atoms with E-state index in [2.05, 4.69) is 66.5 Å². The van der Waals surface area contributed by atoms with Crippen LogP contribution in [0, 0.1) is 0 Å². The summed E-state index contributed by atoms with van der Waals surface area (Å²) >= 11 is 0. The fourth-order valence-corrected chi connectivity index (χ4v) is 3.58. The first-order valence-corrected chi connectivity index (χ1v) is 10.0. The Hall–Kier alpha value is -1.44. The van der Waals surface area contributed by atoms with E-state index in [-0.39, 0.29) is 0 Å². The number of hydrogen-bond acceptors (Lipinski definition) is 2. The molecule has 0 fully saturated rings. The highest BCUT2D eigenvalue weighted by Crippen LogP contribution is 2.22. The molecule has 1 heterocycles. The maximum Gasteiger partial charge on any atom is 0.101 e. The van der Waals surface area contributed by atoms with Crippen LogP contribution in [0.2, 0.25) is 0 Å². The molecule has 0 amide bonds. The third-order valence-corrected chi connectivity index (χ3v) is 5.12. The summed E-state index contributed by atoms with van der Waals surface area (Å²) in [4.78, 5) is 4.85. The summed E-state index contributed by atoms with van der Waals surface area (Å²) in [6.07, 6.45) is 18.9. The summed E-state index contributed by atoms with van der Waals surface area (Å²) < 4.78 is 0. The molecule has 0 aromatic heterocycles. The fraction of sp³-hybridized carbons (Fsp3) is 0.636. The predicted octanol–water partition coefficient (Wildman–Crippen LogP) is 6.15. The molecule has 0 N–H and O–H groups in total. The maximum absolute atomic E-state index is 2.49. The molecule has 1 aliphatic heterocycles. The number of nitrogens with zero attached hydrogens (tertiary/aromatic N) is 2. The van der Waals surface area contributed by atoms with Crippen molar-refractivity contribution in [2.24, 2.45) is 0 Å². The zero-order valence-electron chi connectivity index (χ0n) is 15.8. The number of benzene rings is 1. The largest absolute Gasteiger partial charge is 0.359 e. The van der Waals surface area contributed by atoms with Crippen molar-refractivity contribution in [1.29, 1.82) is 0 Å². The van der Waals surface area contributed by atoms with Crippen molar-refractivity contribution in [2.45, 2.75) is 83.8 Å². The van der Waals surface area contributed by atoms with Crippen molar-refractivity contribution in [2.75, 3.05) is 7.05 Å². The van der Waals surface area contributed by atoms with Gasteiger partial charge in [-0.25, -0.2) is 0 Å². The zero-order chi connectivity index (χ0) is 17.0. The molecule has 0 saturated carbocycles. The Morgan fingerprint density at radius 3 is 2.08 bits per heavy atom. The smallest absolute Gasteiger partial charge is 0.101 e. The number of unbranched alkanes of at least 4 members (excludes halogenated alkanes) is 8. The van der Waals surface area contributed by atoms with Crippen molar-refractivity contribution in [3.8, 4) is 0 Å². The minimum atomic E-state index is 0.537. The van der Waals surface area contributed by atoms with E-state index in [0.717, 1.165) is 6.54 Å². The lowest BCUT2D eigenvalue weighted by atomic mass is 10.1. The Labute approximate surface area is 149 Å². The third kappa shape index (κ3) is 6.59. The highest BCUT2D eigenvalue weighted by molar-refractivity contribution is 5.15. The van der Waals surface area contributed by atoms with Gasteiger partial charge in [0.05, 0.1) is 0 Å².